The van der Waals surface area contributed by atoms with E-state index in [2.05, 4.69) is 14.7 Å². The molecule has 4 heterocycles. The van der Waals surface area contributed by atoms with Crippen LogP contribution in [0.25, 0.3) is 22.3 Å². The number of rotatable bonds is 8. The SMILES string of the molecule is COc1ccc(-c2nc(N3CCN(CCN4CCCCC4)CC3)nc3nn(Cc4ccccc4)c(N)c23)c(F)c1. The van der Waals surface area contributed by atoms with Crippen molar-refractivity contribution in [3.63, 3.8) is 0 Å². The summed E-state index contributed by atoms with van der Waals surface area (Å²) in [4.78, 5) is 17.0. The molecule has 0 radical (unpaired) electrons. The summed E-state index contributed by atoms with van der Waals surface area (Å²) in [7, 11) is 1.52. The largest absolute Gasteiger partial charge is 0.497 e. The van der Waals surface area contributed by atoms with Crippen LogP contribution in [0.15, 0.2) is 48.5 Å². The summed E-state index contributed by atoms with van der Waals surface area (Å²) >= 11 is 0. The van der Waals surface area contributed by atoms with Crippen LogP contribution in [-0.4, -0.2) is 89.0 Å². The van der Waals surface area contributed by atoms with Crippen LogP contribution in [0.4, 0.5) is 16.2 Å². The predicted octanol–water partition coefficient (Wildman–Crippen LogP) is 3.88. The summed E-state index contributed by atoms with van der Waals surface area (Å²) < 4.78 is 22.3. The second-order valence-corrected chi connectivity index (χ2v) is 10.7. The fraction of sp³-hybridized carbons (Fsp3) is 0.433. The zero-order chi connectivity index (χ0) is 27.5. The Labute approximate surface area is 234 Å². The monoisotopic (exact) mass is 544 g/mol. The molecular weight excluding hydrogens is 507 g/mol. The molecule has 9 nitrogen and oxygen atoms in total. The molecule has 4 aromatic rings. The highest BCUT2D eigenvalue weighted by atomic mass is 19.1. The van der Waals surface area contributed by atoms with Gasteiger partial charge >= 0.3 is 0 Å². The lowest BCUT2D eigenvalue weighted by molar-refractivity contribution is 0.176. The molecule has 6 rings (SSSR count). The number of aromatic nitrogens is 4. The van der Waals surface area contributed by atoms with Gasteiger partial charge in [0, 0.05) is 50.9 Å². The van der Waals surface area contributed by atoms with E-state index < -0.39 is 5.82 Å². The standard InChI is InChI=1S/C30H37FN8O/c1-40-23-10-11-24(25(31)20-23)27-26-28(32)39(21-22-8-4-2-5-9-22)35-29(26)34-30(33-27)38-18-16-37(17-19-38)15-14-36-12-6-3-7-13-36/h2,4-5,8-11,20H,3,6-7,12-19,21,32H2,1H3. The number of nitrogen functional groups attached to an aromatic ring is 1. The second kappa shape index (κ2) is 11.8. The van der Waals surface area contributed by atoms with Crippen LogP contribution < -0.4 is 15.4 Å². The Bertz CT molecular complexity index is 1450. The number of methoxy groups -OCH3 is 1. The average Bonchev–Trinajstić information content (AvgIpc) is 3.31. The lowest BCUT2D eigenvalue weighted by Gasteiger charge is -2.36. The molecule has 0 spiro atoms. The highest BCUT2D eigenvalue weighted by molar-refractivity contribution is 5.99. The van der Waals surface area contributed by atoms with Crippen molar-refractivity contribution in [2.24, 2.45) is 0 Å². The molecule has 0 bridgehead atoms. The first-order chi connectivity index (χ1) is 19.6. The number of ether oxygens (including phenoxy) is 1. The molecule has 0 saturated carbocycles. The molecule has 0 amide bonds. The van der Waals surface area contributed by atoms with E-state index in [1.807, 2.05) is 30.3 Å². The molecule has 2 aliphatic rings. The lowest BCUT2D eigenvalue weighted by atomic mass is 10.1. The first-order valence-electron chi connectivity index (χ1n) is 14.2. The minimum Gasteiger partial charge on any atom is -0.497 e. The molecule has 2 aliphatic heterocycles. The molecule has 2 aromatic carbocycles. The third kappa shape index (κ3) is 5.59. The van der Waals surface area contributed by atoms with Gasteiger partial charge in [-0.2, -0.15) is 4.98 Å². The van der Waals surface area contributed by atoms with Gasteiger partial charge in [0.2, 0.25) is 5.95 Å². The summed E-state index contributed by atoms with van der Waals surface area (Å²) in [6, 6.07) is 14.8. The summed E-state index contributed by atoms with van der Waals surface area (Å²) in [5.41, 5.74) is 8.95. The van der Waals surface area contributed by atoms with Gasteiger partial charge in [-0.1, -0.05) is 36.8 Å². The van der Waals surface area contributed by atoms with Crippen LogP contribution in [0, 0.1) is 5.82 Å². The fourth-order valence-electron chi connectivity index (χ4n) is 5.71. The summed E-state index contributed by atoms with van der Waals surface area (Å²) in [5.74, 6) is 0.985. The summed E-state index contributed by atoms with van der Waals surface area (Å²) in [5, 5.41) is 5.32. The Balaban J connectivity index is 1.29. The third-order valence-corrected chi connectivity index (χ3v) is 8.07. The van der Waals surface area contributed by atoms with Crippen LogP contribution >= 0.6 is 0 Å². The van der Waals surface area contributed by atoms with E-state index in [4.69, 9.17) is 25.5 Å². The lowest BCUT2D eigenvalue weighted by Crippen LogP contribution is -2.49. The van der Waals surface area contributed by atoms with Gasteiger partial charge in [0.25, 0.3) is 0 Å². The molecule has 0 unspecified atom stereocenters. The Morgan fingerprint density at radius 3 is 2.30 bits per heavy atom. The maximum atomic E-state index is 15.4. The van der Waals surface area contributed by atoms with Gasteiger partial charge in [-0.3, -0.25) is 4.90 Å². The van der Waals surface area contributed by atoms with Crippen molar-refractivity contribution < 1.29 is 9.13 Å². The topological polar surface area (TPSA) is 88.6 Å². The van der Waals surface area contributed by atoms with Gasteiger partial charge in [-0.25, -0.2) is 14.1 Å². The van der Waals surface area contributed by atoms with E-state index in [-0.39, 0.29) is 0 Å². The van der Waals surface area contributed by atoms with Gasteiger partial charge < -0.3 is 20.3 Å². The Kier molecular flexibility index (Phi) is 7.79. The number of fused-ring (bicyclic) bond motifs is 1. The maximum Gasteiger partial charge on any atom is 0.228 e. The highest BCUT2D eigenvalue weighted by Gasteiger charge is 2.25. The number of benzene rings is 2. The molecule has 0 aliphatic carbocycles. The van der Waals surface area contributed by atoms with Crippen LogP contribution in [0.1, 0.15) is 24.8 Å². The molecule has 2 fully saturated rings. The number of hydrogen-bond acceptors (Lipinski definition) is 8. The third-order valence-electron chi connectivity index (χ3n) is 8.07. The number of piperazine rings is 1. The number of hydrogen-bond donors (Lipinski definition) is 1. The van der Waals surface area contributed by atoms with Crippen molar-refractivity contribution in [3.8, 4) is 17.0 Å². The van der Waals surface area contributed by atoms with E-state index >= 15 is 4.39 Å². The molecule has 2 saturated heterocycles. The molecule has 2 N–H and O–H groups in total. The van der Waals surface area contributed by atoms with Gasteiger partial charge in [-0.15, -0.1) is 5.10 Å². The van der Waals surface area contributed by atoms with Crippen molar-refractivity contribution in [3.05, 3.63) is 59.9 Å². The molecule has 0 atom stereocenters. The van der Waals surface area contributed by atoms with Gasteiger partial charge in [0.1, 0.15) is 17.4 Å². The zero-order valence-electron chi connectivity index (χ0n) is 23.1. The first kappa shape index (κ1) is 26.5. The normalized spacial score (nSPS) is 17.0. The maximum absolute atomic E-state index is 15.4. The van der Waals surface area contributed by atoms with E-state index in [0.717, 1.165) is 44.8 Å². The summed E-state index contributed by atoms with van der Waals surface area (Å²) in [6.45, 7) is 8.61. The van der Waals surface area contributed by atoms with E-state index in [9.17, 15) is 0 Å². The molecular formula is C30H37FN8O. The van der Waals surface area contributed by atoms with Crippen LogP contribution in [0.5, 0.6) is 5.75 Å². The van der Waals surface area contributed by atoms with Crippen molar-refractivity contribution >= 4 is 22.8 Å². The number of nitrogens with two attached hydrogens (primary N) is 1. The van der Waals surface area contributed by atoms with E-state index in [0.29, 0.717) is 46.4 Å². The Morgan fingerprint density at radius 1 is 0.875 bits per heavy atom. The number of anilines is 2. The number of nitrogens with zero attached hydrogens (tertiary/aromatic N) is 7. The quantitative estimate of drug-likeness (QED) is 0.358. The molecule has 40 heavy (non-hydrogen) atoms. The smallest absolute Gasteiger partial charge is 0.228 e. The van der Waals surface area contributed by atoms with Crippen LogP contribution in [0.2, 0.25) is 0 Å². The van der Waals surface area contributed by atoms with Crippen LogP contribution in [0.3, 0.4) is 0 Å². The van der Waals surface area contributed by atoms with Gasteiger partial charge in [0.05, 0.1) is 24.7 Å². The Morgan fingerprint density at radius 2 is 1.60 bits per heavy atom. The minimum absolute atomic E-state index is 0.348. The number of halogens is 1. The zero-order valence-corrected chi connectivity index (χ0v) is 23.1. The Hall–Kier alpha value is -3.76. The average molecular weight is 545 g/mol. The molecule has 210 valence electrons. The highest BCUT2D eigenvalue weighted by Crippen LogP contribution is 2.35. The van der Waals surface area contributed by atoms with Crippen molar-refractivity contribution in [2.45, 2.75) is 25.8 Å². The molecule has 10 heteroatoms. The van der Waals surface area contributed by atoms with Crippen molar-refractivity contribution in [2.75, 3.05) is 70.1 Å². The number of likely N-dealkylation sites (tertiary alicyclic amines) is 1. The van der Waals surface area contributed by atoms with Crippen molar-refractivity contribution in [1.29, 1.82) is 0 Å². The number of piperidine rings is 1. The fourth-order valence-corrected chi connectivity index (χ4v) is 5.71. The van der Waals surface area contributed by atoms with Gasteiger partial charge in [0.15, 0.2) is 5.65 Å². The van der Waals surface area contributed by atoms with Crippen molar-refractivity contribution in [1.82, 2.24) is 29.5 Å². The minimum atomic E-state index is -0.428. The predicted molar refractivity (Wildman–Crippen MR) is 156 cm³/mol. The molecule has 2 aromatic heterocycles. The second-order valence-electron chi connectivity index (χ2n) is 10.7. The summed E-state index contributed by atoms with van der Waals surface area (Å²) in [6.07, 6.45) is 3.99. The van der Waals surface area contributed by atoms with E-state index in [1.165, 1.54) is 45.5 Å². The van der Waals surface area contributed by atoms with Gasteiger partial charge in [-0.05, 0) is 43.6 Å². The van der Waals surface area contributed by atoms with Crippen LogP contribution in [-0.2, 0) is 6.54 Å². The van der Waals surface area contributed by atoms with E-state index in [1.54, 1.807) is 16.8 Å². The first-order valence-corrected chi connectivity index (χ1v) is 14.2.